The Kier molecular flexibility index (Phi) is 7.00. The lowest BCUT2D eigenvalue weighted by Gasteiger charge is -2.31. The summed E-state index contributed by atoms with van der Waals surface area (Å²) in [6.07, 6.45) is 0.935. The van der Waals surface area contributed by atoms with Gasteiger partial charge in [-0.1, -0.05) is 30.3 Å². The number of hydrogen-bond donors (Lipinski definition) is 1. The first-order valence-corrected chi connectivity index (χ1v) is 12.7. The van der Waals surface area contributed by atoms with Gasteiger partial charge in [-0.25, -0.2) is 13.1 Å². The van der Waals surface area contributed by atoms with Gasteiger partial charge in [0, 0.05) is 44.6 Å². The van der Waals surface area contributed by atoms with E-state index in [-0.39, 0.29) is 17.5 Å². The highest BCUT2D eigenvalue weighted by atomic mass is 32.2. The topological polar surface area (TPSA) is 71.1 Å². The monoisotopic (exact) mass is 481 g/mol. The lowest BCUT2D eigenvalue weighted by molar-refractivity contribution is 0.354. The average Bonchev–Trinajstić information content (AvgIpc) is 3.28. The van der Waals surface area contributed by atoms with Crippen LogP contribution in [0.2, 0.25) is 0 Å². The fourth-order valence-electron chi connectivity index (χ4n) is 4.35. The van der Waals surface area contributed by atoms with Crippen LogP contribution in [0.4, 0.5) is 11.4 Å². The van der Waals surface area contributed by atoms with Crippen molar-refractivity contribution in [3.8, 4) is 11.5 Å². The van der Waals surface area contributed by atoms with Gasteiger partial charge in [-0.2, -0.15) is 0 Å². The van der Waals surface area contributed by atoms with Gasteiger partial charge in [-0.3, -0.25) is 0 Å². The number of sulfonamides is 1. The van der Waals surface area contributed by atoms with Crippen LogP contribution in [0, 0.1) is 0 Å². The number of benzene rings is 3. The van der Waals surface area contributed by atoms with Crippen molar-refractivity contribution < 1.29 is 17.9 Å². The van der Waals surface area contributed by atoms with Gasteiger partial charge in [0.15, 0.2) is 11.5 Å². The molecule has 3 aromatic carbocycles. The van der Waals surface area contributed by atoms with E-state index >= 15 is 0 Å². The predicted molar refractivity (Wildman–Crippen MR) is 136 cm³/mol. The number of ether oxygens (including phenoxy) is 2. The molecule has 34 heavy (non-hydrogen) atoms. The molecule has 1 heterocycles. The number of para-hydroxylation sites is 1. The SMILES string of the molecule is COc1ccc(S(=O)(=O)NC[C@@H](c2ccc(N(C)C)cc2)N2CCc3ccccc32)cc1OC. The van der Waals surface area contributed by atoms with Crippen LogP contribution in [0.5, 0.6) is 11.5 Å². The molecule has 0 saturated heterocycles. The molecule has 180 valence electrons. The number of methoxy groups -OCH3 is 2. The maximum Gasteiger partial charge on any atom is 0.240 e. The number of nitrogens with zero attached hydrogens (tertiary/aromatic N) is 2. The van der Waals surface area contributed by atoms with Crippen LogP contribution in [0.3, 0.4) is 0 Å². The lowest BCUT2D eigenvalue weighted by atomic mass is 10.0. The van der Waals surface area contributed by atoms with Gasteiger partial charge in [-0.05, 0) is 47.9 Å². The fraction of sp³-hybridized carbons (Fsp3) is 0.308. The maximum atomic E-state index is 13.2. The Morgan fingerprint density at radius 1 is 0.971 bits per heavy atom. The van der Waals surface area contributed by atoms with E-state index in [2.05, 4.69) is 46.0 Å². The third kappa shape index (κ3) is 4.83. The molecule has 0 saturated carbocycles. The summed E-state index contributed by atoms with van der Waals surface area (Å²) in [7, 11) is 3.24. The second-order valence-corrected chi connectivity index (χ2v) is 10.2. The summed E-state index contributed by atoms with van der Waals surface area (Å²) in [5.41, 5.74) is 4.57. The van der Waals surface area contributed by atoms with E-state index in [0.29, 0.717) is 11.5 Å². The quantitative estimate of drug-likeness (QED) is 0.501. The van der Waals surface area contributed by atoms with Crippen molar-refractivity contribution in [2.45, 2.75) is 17.4 Å². The molecule has 0 bridgehead atoms. The number of fused-ring (bicyclic) bond motifs is 1. The molecule has 1 atom stereocenters. The Morgan fingerprint density at radius 2 is 1.68 bits per heavy atom. The summed E-state index contributed by atoms with van der Waals surface area (Å²) < 4.78 is 39.8. The molecule has 0 spiro atoms. The molecule has 0 unspecified atom stereocenters. The second-order valence-electron chi connectivity index (χ2n) is 8.44. The first-order valence-electron chi connectivity index (χ1n) is 11.2. The minimum absolute atomic E-state index is 0.133. The minimum Gasteiger partial charge on any atom is -0.493 e. The van der Waals surface area contributed by atoms with E-state index in [1.165, 1.54) is 31.9 Å². The second kappa shape index (κ2) is 9.95. The molecule has 4 rings (SSSR count). The molecule has 3 aromatic rings. The molecule has 1 aliphatic rings. The molecule has 7 nitrogen and oxygen atoms in total. The van der Waals surface area contributed by atoms with Crippen molar-refractivity contribution in [3.05, 3.63) is 77.9 Å². The van der Waals surface area contributed by atoms with Crippen LogP contribution < -0.4 is 24.0 Å². The molecule has 0 radical (unpaired) electrons. The Hall–Kier alpha value is -3.23. The average molecular weight is 482 g/mol. The smallest absolute Gasteiger partial charge is 0.240 e. The highest BCUT2D eigenvalue weighted by Crippen LogP contribution is 2.36. The van der Waals surface area contributed by atoms with Crippen molar-refractivity contribution in [2.75, 3.05) is 51.2 Å². The van der Waals surface area contributed by atoms with E-state index in [0.717, 1.165) is 29.9 Å². The van der Waals surface area contributed by atoms with Gasteiger partial charge in [0.2, 0.25) is 10.0 Å². The zero-order chi connectivity index (χ0) is 24.3. The largest absolute Gasteiger partial charge is 0.493 e. The molecule has 0 aliphatic carbocycles. The standard InChI is InChI=1S/C26H31N3O4S/c1-28(2)21-11-9-20(10-12-21)24(29-16-15-19-7-5-6-8-23(19)29)18-27-34(30,31)22-13-14-25(32-3)26(17-22)33-4/h5-14,17,24,27H,15-16,18H2,1-4H3/t24-/m0/s1. The van der Waals surface area contributed by atoms with E-state index in [9.17, 15) is 8.42 Å². The highest BCUT2D eigenvalue weighted by molar-refractivity contribution is 7.89. The van der Waals surface area contributed by atoms with Crippen LogP contribution in [0.1, 0.15) is 17.2 Å². The van der Waals surface area contributed by atoms with Gasteiger partial charge in [0.05, 0.1) is 25.2 Å². The summed E-state index contributed by atoms with van der Waals surface area (Å²) in [6.45, 7) is 1.06. The van der Waals surface area contributed by atoms with E-state index in [1.807, 2.05) is 31.1 Å². The van der Waals surface area contributed by atoms with Crippen LogP contribution in [-0.4, -0.2) is 49.8 Å². The van der Waals surface area contributed by atoms with Crippen molar-refractivity contribution >= 4 is 21.4 Å². The summed E-state index contributed by atoms with van der Waals surface area (Å²) >= 11 is 0. The Balaban J connectivity index is 1.64. The molecule has 8 heteroatoms. The van der Waals surface area contributed by atoms with Crippen molar-refractivity contribution in [1.82, 2.24) is 4.72 Å². The zero-order valence-electron chi connectivity index (χ0n) is 20.0. The van der Waals surface area contributed by atoms with E-state index in [4.69, 9.17) is 9.47 Å². The van der Waals surface area contributed by atoms with Crippen molar-refractivity contribution in [3.63, 3.8) is 0 Å². The lowest BCUT2D eigenvalue weighted by Crippen LogP contribution is -2.37. The van der Waals surface area contributed by atoms with Gasteiger partial charge in [-0.15, -0.1) is 0 Å². The molecule has 0 amide bonds. The zero-order valence-corrected chi connectivity index (χ0v) is 20.8. The molecule has 1 aliphatic heterocycles. The first kappa shape index (κ1) is 23.9. The van der Waals surface area contributed by atoms with Crippen LogP contribution in [0.15, 0.2) is 71.6 Å². The normalized spacial score (nSPS) is 13.9. The van der Waals surface area contributed by atoms with Crippen molar-refractivity contribution in [1.29, 1.82) is 0 Å². The number of hydrogen-bond acceptors (Lipinski definition) is 6. The molecular weight excluding hydrogens is 450 g/mol. The third-order valence-electron chi connectivity index (χ3n) is 6.23. The summed E-state index contributed by atoms with van der Waals surface area (Å²) in [6, 6.07) is 21.0. The van der Waals surface area contributed by atoms with E-state index in [1.54, 1.807) is 6.07 Å². The van der Waals surface area contributed by atoms with E-state index < -0.39 is 10.0 Å². The molecular formula is C26H31N3O4S. The predicted octanol–water partition coefficient (Wildman–Crippen LogP) is 3.85. The summed E-state index contributed by atoms with van der Waals surface area (Å²) in [5, 5.41) is 0. The highest BCUT2D eigenvalue weighted by Gasteiger charge is 2.29. The Labute approximate surface area is 202 Å². The Morgan fingerprint density at radius 3 is 2.35 bits per heavy atom. The summed E-state index contributed by atoms with van der Waals surface area (Å²) in [5.74, 6) is 0.851. The fourth-order valence-corrected chi connectivity index (χ4v) is 5.40. The number of anilines is 2. The maximum absolute atomic E-state index is 13.2. The van der Waals surface area contributed by atoms with Crippen LogP contribution >= 0.6 is 0 Å². The minimum atomic E-state index is -3.77. The molecule has 1 N–H and O–H groups in total. The first-order chi connectivity index (χ1) is 16.3. The van der Waals surface area contributed by atoms with Crippen molar-refractivity contribution in [2.24, 2.45) is 0 Å². The van der Waals surface area contributed by atoms with Gasteiger partial charge < -0.3 is 19.3 Å². The molecule has 0 aromatic heterocycles. The third-order valence-corrected chi connectivity index (χ3v) is 7.65. The summed E-state index contributed by atoms with van der Waals surface area (Å²) in [4.78, 5) is 4.47. The number of nitrogens with one attached hydrogen (secondary N) is 1. The molecule has 0 fully saturated rings. The van der Waals surface area contributed by atoms with Gasteiger partial charge >= 0.3 is 0 Å². The van der Waals surface area contributed by atoms with Crippen LogP contribution in [-0.2, 0) is 16.4 Å². The van der Waals surface area contributed by atoms with Gasteiger partial charge in [0.1, 0.15) is 0 Å². The van der Waals surface area contributed by atoms with Gasteiger partial charge in [0.25, 0.3) is 0 Å². The number of rotatable bonds is 9. The van der Waals surface area contributed by atoms with Crippen LogP contribution in [0.25, 0.3) is 0 Å². The Bertz CT molecular complexity index is 1240.